The summed E-state index contributed by atoms with van der Waals surface area (Å²) in [6.45, 7) is 3.96. The standard InChI is InChI=1S/C17H18N2O4S/c1-2-8-23-16-5-3-13(4-6-16)10-14(11-18)17(20)19-15-7-9-24(21,22)12-15/h2-6,10,15H,1,7-9,12H2,(H,19,20)/b14-10-/t15-/m1/s1. The van der Waals surface area contributed by atoms with Gasteiger partial charge in [0.1, 0.15) is 24.0 Å². The summed E-state index contributed by atoms with van der Waals surface area (Å²) in [5.41, 5.74) is 0.603. The van der Waals surface area contributed by atoms with Crippen LogP contribution < -0.4 is 10.1 Å². The van der Waals surface area contributed by atoms with Gasteiger partial charge in [-0.05, 0) is 30.2 Å². The van der Waals surface area contributed by atoms with Crippen LogP contribution in [-0.4, -0.2) is 38.5 Å². The number of amides is 1. The number of nitriles is 1. The van der Waals surface area contributed by atoms with Crippen LogP contribution in [0.1, 0.15) is 12.0 Å². The second-order valence-corrected chi connectivity index (χ2v) is 7.64. The average molecular weight is 346 g/mol. The Morgan fingerprint density at radius 2 is 2.12 bits per heavy atom. The van der Waals surface area contributed by atoms with E-state index in [0.29, 0.717) is 24.3 Å². The molecule has 0 saturated carbocycles. The summed E-state index contributed by atoms with van der Waals surface area (Å²) in [6, 6.07) is 8.32. The Kier molecular flexibility index (Phi) is 5.77. The number of sulfone groups is 1. The lowest BCUT2D eigenvalue weighted by Gasteiger charge is -2.10. The van der Waals surface area contributed by atoms with Gasteiger partial charge in [-0.1, -0.05) is 24.8 Å². The monoisotopic (exact) mass is 346 g/mol. The Balaban J connectivity index is 2.04. The summed E-state index contributed by atoms with van der Waals surface area (Å²) in [5.74, 6) is 0.0837. The maximum atomic E-state index is 12.1. The van der Waals surface area contributed by atoms with Gasteiger partial charge in [-0.3, -0.25) is 4.79 Å². The lowest BCUT2D eigenvalue weighted by Crippen LogP contribution is -2.36. The zero-order chi connectivity index (χ0) is 17.6. The van der Waals surface area contributed by atoms with Gasteiger partial charge < -0.3 is 10.1 Å². The van der Waals surface area contributed by atoms with Crippen molar-refractivity contribution in [3.63, 3.8) is 0 Å². The molecular weight excluding hydrogens is 328 g/mol. The Morgan fingerprint density at radius 3 is 2.67 bits per heavy atom. The van der Waals surface area contributed by atoms with E-state index in [2.05, 4.69) is 11.9 Å². The van der Waals surface area contributed by atoms with E-state index >= 15 is 0 Å². The largest absolute Gasteiger partial charge is 0.490 e. The highest BCUT2D eigenvalue weighted by Crippen LogP contribution is 2.16. The Bertz CT molecular complexity index is 789. The molecule has 0 spiro atoms. The van der Waals surface area contributed by atoms with Crippen LogP contribution in [0.5, 0.6) is 5.75 Å². The van der Waals surface area contributed by atoms with Gasteiger partial charge in [0.05, 0.1) is 11.5 Å². The first kappa shape index (κ1) is 17.8. The number of carbonyl (C=O) groups excluding carboxylic acids is 1. The smallest absolute Gasteiger partial charge is 0.262 e. The van der Waals surface area contributed by atoms with Crippen molar-refractivity contribution < 1.29 is 17.9 Å². The van der Waals surface area contributed by atoms with Gasteiger partial charge in [-0.25, -0.2) is 8.42 Å². The number of hydrogen-bond donors (Lipinski definition) is 1. The van der Waals surface area contributed by atoms with Crippen LogP contribution in [0, 0.1) is 11.3 Å². The third-order valence-corrected chi connectivity index (χ3v) is 5.26. The van der Waals surface area contributed by atoms with Gasteiger partial charge >= 0.3 is 0 Å². The zero-order valence-corrected chi connectivity index (χ0v) is 13.9. The summed E-state index contributed by atoms with van der Waals surface area (Å²) in [7, 11) is -3.08. The van der Waals surface area contributed by atoms with E-state index in [-0.39, 0.29) is 17.1 Å². The lowest BCUT2D eigenvalue weighted by atomic mass is 10.1. The van der Waals surface area contributed by atoms with E-state index in [4.69, 9.17) is 4.74 Å². The second kappa shape index (κ2) is 7.79. The first-order valence-electron chi connectivity index (χ1n) is 7.40. The van der Waals surface area contributed by atoms with Crippen molar-refractivity contribution in [3.05, 3.63) is 48.1 Å². The minimum absolute atomic E-state index is 0.0652. The van der Waals surface area contributed by atoms with Crippen molar-refractivity contribution >= 4 is 21.8 Å². The highest BCUT2D eigenvalue weighted by molar-refractivity contribution is 7.91. The molecule has 24 heavy (non-hydrogen) atoms. The van der Waals surface area contributed by atoms with Gasteiger partial charge in [-0.2, -0.15) is 5.26 Å². The van der Waals surface area contributed by atoms with Crippen molar-refractivity contribution in [1.29, 1.82) is 5.26 Å². The zero-order valence-electron chi connectivity index (χ0n) is 13.1. The van der Waals surface area contributed by atoms with Gasteiger partial charge in [0, 0.05) is 6.04 Å². The third-order valence-electron chi connectivity index (χ3n) is 3.49. The first-order valence-corrected chi connectivity index (χ1v) is 9.22. The molecule has 0 bridgehead atoms. The molecule has 1 amide bonds. The molecule has 126 valence electrons. The summed E-state index contributed by atoms with van der Waals surface area (Å²) < 4.78 is 28.2. The van der Waals surface area contributed by atoms with E-state index in [1.54, 1.807) is 30.3 Å². The predicted molar refractivity (Wildman–Crippen MR) is 90.9 cm³/mol. The lowest BCUT2D eigenvalue weighted by molar-refractivity contribution is -0.117. The Morgan fingerprint density at radius 1 is 1.42 bits per heavy atom. The molecule has 0 radical (unpaired) electrons. The van der Waals surface area contributed by atoms with Gasteiger partial charge in [0.25, 0.3) is 5.91 Å². The van der Waals surface area contributed by atoms with Crippen molar-refractivity contribution in [3.8, 4) is 11.8 Å². The maximum absolute atomic E-state index is 12.1. The Hall–Kier alpha value is -2.59. The number of ether oxygens (including phenoxy) is 1. The van der Waals surface area contributed by atoms with Gasteiger partial charge in [0.2, 0.25) is 0 Å². The van der Waals surface area contributed by atoms with E-state index in [1.165, 1.54) is 6.08 Å². The third kappa shape index (κ3) is 4.96. The van der Waals surface area contributed by atoms with Crippen LogP contribution in [0.3, 0.4) is 0 Å². The molecule has 1 aromatic carbocycles. The number of carbonyl (C=O) groups is 1. The maximum Gasteiger partial charge on any atom is 0.262 e. The average Bonchev–Trinajstić information content (AvgIpc) is 2.90. The normalized spacial score (nSPS) is 19.3. The number of rotatable bonds is 6. The molecule has 2 rings (SSSR count). The SMILES string of the molecule is C=CCOc1ccc(/C=C(/C#N)C(=O)N[C@@H]2CCS(=O)(=O)C2)cc1. The van der Waals surface area contributed by atoms with E-state index in [9.17, 15) is 18.5 Å². The number of nitrogens with one attached hydrogen (secondary N) is 1. The van der Waals surface area contributed by atoms with Crippen LogP contribution in [-0.2, 0) is 14.6 Å². The molecule has 0 unspecified atom stereocenters. The molecule has 1 aliphatic heterocycles. The van der Waals surface area contributed by atoms with Crippen LogP contribution >= 0.6 is 0 Å². The summed E-state index contributed by atoms with van der Waals surface area (Å²) in [4.78, 5) is 12.1. The van der Waals surface area contributed by atoms with E-state index in [1.807, 2.05) is 6.07 Å². The van der Waals surface area contributed by atoms with Crippen LogP contribution in [0.15, 0.2) is 42.5 Å². The minimum atomic E-state index is -3.08. The molecule has 1 saturated heterocycles. The second-order valence-electron chi connectivity index (χ2n) is 5.41. The number of hydrogen-bond acceptors (Lipinski definition) is 5. The molecule has 7 heteroatoms. The van der Waals surface area contributed by atoms with Crippen molar-refractivity contribution in [1.82, 2.24) is 5.32 Å². The molecule has 1 atom stereocenters. The summed E-state index contributed by atoms with van der Waals surface area (Å²) in [6.07, 6.45) is 3.47. The van der Waals surface area contributed by atoms with E-state index in [0.717, 1.165) is 0 Å². The molecule has 1 N–H and O–H groups in total. The predicted octanol–water partition coefficient (Wildman–Crippen LogP) is 1.46. The highest BCUT2D eigenvalue weighted by atomic mass is 32.2. The number of benzene rings is 1. The van der Waals surface area contributed by atoms with E-state index < -0.39 is 21.8 Å². The highest BCUT2D eigenvalue weighted by Gasteiger charge is 2.29. The minimum Gasteiger partial charge on any atom is -0.490 e. The van der Waals surface area contributed by atoms with Crippen molar-refractivity contribution in [2.75, 3.05) is 18.1 Å². The van der Waals surface area contributed by atoms with Gasteiger partial charge in [-0.15, -0.1) is 0 Å². The molecule has 0 aromatic heterocycles. The molecule has 1 fully saturated rings. The number of nitrogens with zero attached hydrogens (tertiary/aromatic N) is 1. The Labute approximate surface area is 141 Å². The van der Waals surface area contributed by atoms with Crippen LogP contribution in [0.2, 0.25) is 0 Å². The molecule has 6 nitrogen and oxygen atoms in total. The van der Waals surface area contributed by atoms with Crippen LogP contribution in [0.25, 0.3) is 6.08 Å². The molecule has 1 aliphatic rings. The fourth-order valence-corrected chi connectivity index (χ4v) is 3.98. The first-order chi connectivity index (χ1) is 11.4. The van der Waals surface area contributed by atoms with Crippen LogP contribution in [0.4, 0.5) is 0 Å². The fraction of sp³-hybridized carbons (Fsp3) is 0.294. The molecule has 0 aliphatic carbocycles. The van der Waals surface area contributed by atoms with Crippen molar-refractivity contribution in [2.24, 2.45) is 0 Å². The molecule has 1 aromatic rings. The summed E-state index contributed by atoms with van der Waals surface area (Å²) in [5, 5.41) is 11.8. The summed E-state index contributed by atoms with van der Waals surface area (Å²) >= 11 is 0. The quantitative estimate of drug-likeness (QED) is 0.478. The van der Waals surface area contributed by atoms with Gasteiger partial charge in [0.15, 0.2) is 9.84 Å². The topological polar surface area (TPSA) is 96.3 Å². The van der Waals surface area contributed by atoms with Crippen molar-refractivity contribution in [2.45, 2.75) is 12.5 Å². The fourth-order valence-electron chi connectivity index (χ4n) is 2.30. The molecule has 1 heterocycles. The molecular formula is C17H18N2O4S.